The second kappa shape index (κ2) is 7.66. The van der Waals surface area contributed by atoms with Gasteiger partial charge in [-0.25, -0.2) is 9.07 Å². The van der Waals surface area contributed by atoms with Crippen molar-refractivity contribution in [1.29, 1.82) is 0 Å². The van der Waals surface area contributed by atoms with Crippen LogP contribution in [0.25, 0.3) is 11.4 Å². The number of nitrogen functional groups attached to an aromatic ring is 1. The normalized spacial score (nSPS) is 12.1. The first-order valence-electron chi connectivity index (χ1n) is 7.46. The molecule has 0 spiro atoms. The van der Waals surface area contributed by atoms with E-state index in [0.29, 0.717) is 16.5 Å². The van der Waals surface area contributed by atoms with Crippen LogP contribution in [0.15, 0.2) is 46.9 Å². The van der Waals surface area contributed by atoms with Crippen LogP contribution in [0, 0.1) is 5.82 Å². The Bertz CT molecular complexity index is 848. The number of carbonyl (C=O) groups excluding carboxylic acids is 1. The number of hydrogen-bond acceptors (Lipinski definition) is 6. The van der Waals surface area contributed by atoms with Crippen molar-refractivity contribution in [1.82, 2.24) is 20.2 Å². The molecule has 3 N–H and O–H groups in total. The van der Waals surface area contributed by atoms with Gasteiger partial charge in [0.05, 0.1) is 11.8 Å². The molecule has 0 aliphatic rings. The number of nitrogens with one attached hydrogen (secondary N) is 1. The number of halogens is 1. The molecule has 1 atom stereocenters. The number of amides is 1. The third kappa shape index (κ3) is 4.18. The van der Waals surface area contributed by atoms with Crippen LogP contribution in [-0.2, 0) is 4.79 Å². The molecule has 0 radical (unpaired) electrons. The zero-order chi connectivity index (χ0) is 17.8. The molecule has 0 saturated heterocycles. The lowest BCUT2D eigenvalue weighted by molar-refractivity contribution is -0.119. The van der Waals surface area contributed by atoms with Crippen LogP contribution in [0.4, 0.5) is 4.39 Å². The first kappa shape index (κ1) is 17.4. The second-order valence-electron chi connectivity index (χ2n) is 5.28. The van der Waals surface area contributed by atoms with E-state index in [-0.39, 0.29) is 23.5 Å². The SMILES string of the molecule is CC(NC(=O)CSc1nnc(-c2ccc(F)cc2)n1N)c1cccs1. The Morgan fingerprint density at radius 2 is 2.12 bits per heavy atom. The molecule has 3 rings (SSSR count). The number of rotatable bonds is 6. The number of nitrogens with zero attached hydrogens (tertiary/aromatic N) is 3. The van der Waals surface area contributed by atoms with Crippen LogP contribution in [-0.4, -0.2) is 26.5 Å². The van der Waals surface area contributed by atoms with Crippen molar-refractivity contribution < 1.29 is 9.18 Å². The molecule has 0 aliphatic heterocycles. The van der Waals surface area contributed by atoms with E-state index in [1.54, 1.807) is 23.5 Å². The summed E-state index contributed by atoms with van der Waals surface area (Å²) in [7, 11) is 0. The summed E-state index contributed by atoms with van der Waals surface area (Å²) in [6.07, 6.45) is 0. The molecule has 1 amide bonds. The number of benzene rings is 1. The van der Waals surface area contributed by atoms with Gasteiger partial charge in [-0.3, -0.25) is 4.79 Å². The van der Waals surface area contributed by atoms with Gasteiger partial charge < -0.3 is 11.2 Å². The lowest BCUT2D eigenvalue weighted by Gasteiger charge is -2.11. The van der Waals surface area contributed by atoms with Gasteiger partial charge in [0.25, 0.3) is 0 Å². The summed E-state index contributed by atoms with van der Waals surface area (Å²) < 4.78 is 14.3. The van der Waals surface area contributed by atoms with E-state index < -0.39 is 0 Å². The highest BCUT2D eigenvalue weighted by molar-refractivity contribution is 7.99. The van der Waals surface area contributed by atoms with Gasteiger partial charge in [-0.05, 0) is 42.6 Å². The molecule has 2 heterocycles. The molecule has 6 nitrogen and oxygen atoms in total. The van der Waals surface area contributed by atoms with Crippen molar-refractivity contribution in [2.24, 2.45) is 0 Å². The second-order valence-corrected chi connectivity index (χ2v) is 7.20. The summed E-state index contributed by atoms with van der Waals surface area (Å²) in [6, 6.07) is 9.70. The molecule has 0 aliphatic carbocycles. The fourth-order valence-corrected chi connectivity index (χ4v) is 3.60. The molecule has 1 unspecified atom stereocenters. The topological polar surface area (TPSA) is 85.8 Å². The third-order valence-corrected chi connectivity index (χ3v) is 5.44. The average Bonchev–Trinajstić information content (AvgIpc) is 3.24. The van der Waals surface area contributed by atoms with Gasteiger partial charge in [-0.15, -0.1) is 21.5 Å². The highest BCUT2D eigenvalue weighted by Crippen LogP contribution is 2.22. The zero-order valence-corrected chi connectivity index (χ0v) is 15.0. The monoisotopic (exact) mass is 377 g/mol. The Morgan fingerprint density at radius 3 is 2.80 bits per heavy atom. The van der Waals surface area contributed by atoms with E-state index in [2.05, 4.69) is 15.5 Å². The lowest BCUT2D eigenvalue weighted by atomic mass is 10.2. The largest absolute Gasteiger partial charge is 0.348 e. The zero-order valence-electron chi connectivity index (χ0n) is 13.3. The highest BCUT2D eigenvalue weighted by Gasteiger charge is 2.15. The lowest BCUT2D eigenvalue weighted by Crippen LogP contribution is -2.28. The van der Waals surface area contributed by atoms with Gasteiger partial charge in [-0.1, -0.05) is 17.8 Å². The fraction of sp³-hybridized carbons (Fsp3) is 0.188. The summed E-state index contributed by atoms with van der Waals surface area (Å²) in [4.78, 5) is 13.2. The van der Waals surface area contributed by atoms with Gasteiger partial charge in [-0.2, -0.15) is 0 Å². The van der Waals surface area contributed by atoms with E-state index in [1.165, 1.54) is 28.6 Å². The Kier molecular flexibility index (Phi) is 5.34. The van der Waals surface area contributed by atoms with Gasteiger partial charge in [0.2, 0.25) is 11.1 Å². The quantitative estimate of drug-likeness (QED) is 0.510. The van der Waals surface area contributed by atoms with E-state index in [9.17, 15) is 9.18 Å². The summed E-state index contributed by atoms with van der Waals surface area (Å²) >= 11 is 2.79. The molecule has 3 aromatic rings. The first-order valence-corrected chi connectivity index (χ1v) is 9.33. The Morgan fingerprint density at radius 1 is 1.36 bits per heavy atom. The van der Waals surface area contributed by atoms with Crippen molar-refractivity contribution in [3.63, 3.8) is 0 Å². The summed E-state index contributed by atoms with van der Waals surface area (Å²) in [5.74, 6) is 6.12. The van der Waals surface area contributed by atoms with Gasteiger partial charge >= 0.3 is 0 Å². The van der Waals surface area contributed by atoms with Crippen molar-refractivity contribution >= 4 is 29.0 Å². The number of thioether (sulfide) groups is 1. The van der Waals surface area contributed by atoms with Crippen LogP contribution < -0.4 is 11.2 Å². The standard InChI is InChI=1S/C16H16FN5OS2/c1-10(13-3-2-8-24-13)19-14(23)9-25-16-21-20-15(22(16)18)11-4-6-12(17)7-5-11/h2-8,10H,9,18H2,1H3,(H,19,23). The van der Waals surface area contributed by atoms with E-state index in [1.807, 2.05) is 24.4 Å². The molecule has 0 saturated carbocycles. The smallest absolute Gasteiger partial charge is 0.230 e. The van der Waals surface area contributed by atoms with Gasteiger partial charge in [0.1, 0.15) is 5.82 Å². The summed E-state index contributed by atoms with van der Waals surface area (Å²) in [5.41, 5.74) is 0.652. The number of nitrogens with two attached hydrogens (primary N) is 1. The predicted octanol–water partition coefficient (Wildman–Crippen LogP) is 2.83. The summed E-state index contributed by atoms with van der Waals surface area (Å²) in [6.45, 7) is 1.94. The maximum Gasteiger partial charge on any atom is 0.230 e. The Balaban J connectivity index is 1.60. The van der Waals surface area contributed by atoms with Crippen molar-refractivity contribution in [3.05, 3.63) is 52.5 Å². The van der Waals surface area contributed by atoms with Gasteiger partial charge in [0.15, 0.2) is 5.82 Å². The fourth-order valence-electron chi connectivity index (χ4n) is 2.19. The highest BCUT2D eigenvalue weighted by atomic mass is 32.2. The predicted molar refractivity (Wildman–Crippen MR) is 97.2 cm³/mol. The van der Waals surface area contributed by atoms with Gasteiger partial charge in [0, 0.05) is 10.4 Å². The minimum atomic E-state index is -0.335. The van der Waals surface area contributed by atoms with Crippen molar-refractivity contribution in [2.45, 2.75) is 18.1 Å². The molecule has 1 aromatic carbocycles. The molecule has 2 aromatic heterocycles. The molecule has 0 bridgehead atoms. The van der Waals surface area contributed by atoms with Crippen LogP contribution in [0.5, 0.6) is 0 Å². The van der Waals surface area contributed by atoms with Crippen molar-refractivity contribution in [3.8, 4) is 11.4 Å². The Hall–Kier alpha value is -2.39. The minimum absolute atomic E-state index is 0.0429. The van der Waals surface area contributed by atoms with Crippen LogP contribution in [0.1, 0.15) is 17.8 Å². The van der Waals surface area contributed by atoms with Crippen LogP contribution in [0.2, 0.25) is 0 Å². The average molecular weight is 377 g/mol. The van der Waals surface area contributed by atoms with E-state index >= 15 is 0 Å². The van der Waals surface area contributed by atoms with Crippen LogP contribution >= 0.6 is 23.1 Å². The maximum absolute atomic E-state index is 13.0. The molecule has 25 heavy (non-hydrogen) atoms. The Labute approximate surface area is 152 Å². The maximum atomic E-state index is 13.0. The third-order valence-electron chi connectivity index (χ3n) is 3.45. The van der Waals surface area contributed by atoms with E-state index in [4.69, 9.17) is 5.84 Å². The number of aromatic nitrogens is 3. The van der Waals surface area contributed by atoms with E-state index in [0.717, 1.165) is 4.88 Å². The number of carbonyl (C=O) groups is 1. The number of thiophene rings is 1. The molecular formula is C16H16FN5OS2. The first-order chi connectivity index (χ1) is 12.0. The minimum Gasteiger partial charge on any atom is -0.348 e. The van der Waals surface area contributed by atoms with Crippen molar-refractivity contribution in [2.75, 3.05) is 11.6 Å². The summed E-state index contributed by atoms with van der Waals surface area (Å²) in [5, 5.41) is 13.3. The molecule has 9 heteroatoms. The van der Waals surface area contributed by atoms with Crippen LogP contribution in [0.3, 0.4) is 0 Å². The molecule has 0 fully saturated rings. The molecule has 130 valence electrons. The molecular weight excluding hydrogens is 361 g/mol. The number of hydrogen-bond donors (Lipinski definition) is 2.